The first-order valence-corrected chi connectivity index (χ1v) is 25.1. The first kappa shape index (κ1) is 38.4. The van der Waals surface area contributed by atoms with Crippen LogP contribution in [0.2, 0.25) is 19.6 Å². The van der Waals surface area contributed by atoms with E-state index in [1.54, 1.807) is 18.2 Å². The largest absolute Gasteiger partial charge is 0.454 e. The van der Waals surface area contributed by atoms with E-state index in [0.29, 0.717) is 18.4 Å². The zero-order chi connectivity index (χ0) is 42.7. The fraction of sp³-hybridized carbons (Fsp3) is 0.179. The highest BCUT2D eigenvalue weighted by Gasteiger charge is 2.59. The number of rotatable bonds is 3. The molecule has 3 nitrogen and oxygen atoms in total. The Balaban J connectivity index is 1.18. The fourth-order valence-corrected chi connectivity index (χ4v) is 11.8. The lowest BCUT2D eigenvalue weighted by molar-refractivity contribution is -0.765. The molecule has 6 heteroatoms. The predicted molar refractivity (Wildman–Crippen MR) is 252 cm³/mol. The Morgan fingerprint density at radius 3 is 2.05 bits per heavy atom. The van der Waals surface area contributed by atoms with E-state index in [1.165, 1.54) is 11.3 Å². The molecule has 0 bridgehead atoms. The lowest BCUT2D eigenvalue weighted by atomic mass is 9.59. The minimum atomic E-state index is -1.51. The number of hydrogen-bond acceptors (Lipinski definition) is 1. The van der Waals surface area contributed by atoms with E-state index in [2.05, 4.69) is 146 Å². The number of furan rings is 1. The van der Waals surface area contributed by atoms with Crippen molar-refractivity contribution >= 4 is 51.7 Å². The van der Waals surface area contributed by atoms with E-state index in [9.17, 15) is 4.39 Å². The van der Waals surface area contributed by atoms with E-state index in [4.69, 9.17) is 11.0 Å². The van der Waals surface area contributed by atoms with Crippen molar-refractivity contribution in [3.05, 3.63) is 181 Å². The molecule has 0 saturated heterocycles. The van der Waals surface area contributed by atoms with Crippen LogP contribution in [0.15, 0.2) is 163 Å². The number of benzene rings is 6. The second-order valence-corrected chi connectivity index (χ2v) is 24.0. The number of aryl methyl sites for hydroxylation is 1. The summed E-state index contributed by atoms with van der Waals surface area (Å²) in [6.07, 6.45) is 6.53. The lowest BCUT2D eigenvalue weighted by Crippen LogP contribution is -2.68. The summed E-state index contributed by atoms with van der Waals surface area (Å²) in [5, 5.41) is 5.00. The molecule has 0 radical (unpaired) electrons. The smallest absolute Gasteiger partial charge is 0.222 e. The van der Waals surface area contributed by atoms with Crippen LogP contribution in [0.5, 0.6) is 0 Å². The summed E-state index contributed by atoms with van der Waals surface area (Å²) in [4.78, 5) is 0. The van der Waals surface area contributed by atoms with Crippen LogP contribution in [-0.2, 0) is 17.4 Å². The molecule has 2 aliphatic heterocycles. The molecule has 62 heavy (non-hydrogen) atoms. The molecule has 2 atom stereocenters. The quantitative estimate of drug-likeness (QED) is 0.128. The van der Waals surface area contributed by atoms with Crippen LogP contribution in [-0.4, -0.2) is 8.07 Å². The van der Waals surface area contributed by atoms with Crippen LogP contribution in [0.4, 0.5) is 8.78 Å². The van der Waals surface area contributed by atoms with Crippen LogP contribution in [0.3, 0.4) is 0 Å². The SMILES string of the molecule is C=C1CC2(C)[n+]3cc(-c4ccccc4)ccc3-c3ccc(F)cc3C2(C)CCc2ccc3c(oc4c5cc(F)ccc5ccc34)c2-c2ccc(-c3ccc([Si](C)(C)C)cc3)c[n+]21. The molecule has 5 heterocycles. The molecule has 9 aromatic rings. The van der Waals surface area contributed by atoms with Crippen molar-refractivity contribution < 1.29 is 22.3 Å². The zero-order valence-corrected chi connectivity index (χ0v) is 36.8. The van der Waals surface area contributed by atoms with Gasteiger partial charge in [0.25, 0.3) is 0 Å². The highest BCUT2D eigenvalue weighted by molar-refractivity contribution is 6.88. The van der Waals surface area contributed by atoms with Crippen LogP contribution in [0.1, 0.15) is 37.8 Å². The maximum Gasteiger partial charge on any atom is 0.222 e. The van der Waals surface area contributed by atoms with Gasteiger partial charge in [-0.1, -0.05) is 104 Å². The summed E-state index contributed by atoms with van der Waals surface area (Å²) in [5.74, 6) is -0.540. The van der Waals surface area contributed by atoms with Gasteiger partial charge >= 0.3 is 0 Å². The van der Waals surface area contributed by atoms with Crippen molar-refractivity contribution in [3.8, 4) is 44.8 Å². The molecule has 6 aromatic carbocycles. The number of fused-ring (bicyclic) bond motifs is 15. The standard InChI is InChI=1S/C56H48F2N2OSi/c1-35-32-56(3)55(2,49-31-43(58)20-25-47(49)50-26-17-41(34-60(50)56)36-10-8-7-9-11-36)29-28-39-16-24-46-45-23-15-38-12-19-42(57)30-48(38)53(45)61-54(46)52(39)51-27-18-40(33-59(35)51)37-13-21-44(22-14-37)62(4,5)6/h7-27,30-31,33-34H,1,28-29,32H2,2-6H3/q+2. The summed E-state index contributed by atoms with van der Waals surface area (Å²) in [7, 11) is -1.51. The third kappa shape index (κ3) is 5.80. The Hall–Kier alpha value is -6.50. The van der Waals surface area contributed by atoms with Gasteiger partial charge in [-0.2, -0.15) is 9.13 Å². The first-order valence-electron chi connectivity index (χ1n) is 21.6. The van der Waals surface area contributed by atoms with Crippen molar-refractivity contribution in [1.29, 1.82) is 0 Å². The lowest BCUT2D eigenvalue weighted by Gasteiger charge is -2.47. The predicted octanol–water partition coefficient (Wildman–Crippen LogP) is 13.3. The Kier molecular flexibility index (Phi) is 8.52. The highest BCUT2D eigenvalue weighted by atomic mass is 28.3. The van der Waals surface area contributed by atoms with Gasteiger partial charge in [0, 0.05) is 46.3 Å². The second kappa shape index (κ2) is 13.8. The highest BCUT2D eigenvalue weighted by Crippen LogP contribution is 2.53. The summed E-state index contributed by atoms with van der Waals surface area (Å²) in [6.45, 7) is 16.8. The molecule has 2 unspecified atom stereocenters. The van der Waals surface area contributed by atoms with Gasteiger partial charge in [0.1, 0.15) is 22.8 Å². The number of nitrogens with zero attached hydrogens (tertiary/aromatic N) is 2. The van der Waals surface area contributed by atoms with Crippen molar-refractivity contribution in [3.63, 3.8) is 0 Å². The van der Waals surface area contributed by atoms with Crippen molar-refractivity contribution in [2.45, 2.75) is 63.7 Å². The molecule has 3 aromatic heterocycles. The molecule has 2 aliphatic rings. The zero-order valence-electron chi connectivity index (χ0n) is 35.8. The minimum absolute atomic E-state index is 0.241. The molecular formula is C56H48F2N2OSi+2. The Morgan fingerprint density at radius 1 is 0.629 bits per heavy atom. The number of hydrogen-bond donors (Lipinski definition) is 0. The van der Waals surface area contributed by atoms with Gasteiger partial charge in [-0.15, -0.1) is 0 Å². The Bertz CT molecular complexity index is 3330. The third-order valence-corrected chi connectivity index (χ3v) is 16.4. The monoisotopic (exact) mass is 830 g/mol. The first-order chi connectivity index (χ1) is 29.8. The topological polar surface area (TPSA) is 20.9 Å². The molecule has 304 valence electrons. The Morgan fingerprint density at radius 2 is 1.27 bits per heavy atom. The molecule has 0 amide bonds. The summed E-state index contributed by atoms with van der Waals surface area (Å²) in [6, 6.07) is 47.1. The molecule has 0 saturated carbocycles. The van der Waals surface area contributed by atoms with Gasteiger partial charge in [0.15, 0.2) is 23.6 Å². The van der Waals surface area contributed by atoms with Gasteiger partial charge in [-0.25, -0.2) is 8.78 Å². The molecule has 0 fully saturated rings. The maximum atomic E-state index is 15.7. The van der Waals surface area contributed by atoms with Crippen molar-refractivity contribution in [2.24, 2.45) is 0 Å². The summed E-state index contributed by atoms with van der Waals surface area (Å²) >= 11 is 0. The van der Waals surface area contributed by atoms with E-state index >= 15 is 4.39 Å². The molecule has 0 N–H and O–H groups in total. The van der Waals surface area contributed by atoms with Crippen LogP contribution < -0.4 is 14.3 Å². The summed E-state index contributed by atoms with van der Waals surface area (Å²) < 4.78 is 42.3. The summed E-state index contributed by atoms with van der Waals surface area (Å²) in [5.41, 5.74) is 11.9. The number of allylic oxidation sites excluding steroid dienone is 1. The fourth-order valence-electron chi connectivity index (χ4n) is 10.7. The van der Waals surface area contributed by atoms with Gasteiger partial charge in [0.2, 0.25) is 11.4 Å². The van der Waals surface area contributed by atoms with E-state index in [0.717, 1.165) is 95.1 Å². The maximum absolute atomic E-state index is 15.7. The van der Waals surface area contributed by atoms with E-state index < -0.39 is 19.0 Å². The van der Waals surface area contributed by atoms with Gasteiger partial charge < -0.3 is 4.42 Å². The number of pyridine rings is 2. The second-order valence-electron chi connectivity index (χ2n) is 19.0. The Labute approximate surface area is 362 Å². The minimum Gasteiger partial charge on any atom is -0.454 e. The number of halogens is 2. The number of aromatic nitrogens is 2. The van der Waals surface area contributed by atoms with Gasteiger partial charge in [-0.3, -0.25) is 0 Å². The van der Waals surface area contributed by atoms with Crippen LogP contribution >= 0.6 is 0 Å². The van der Waals surface area contributed by atoms with E-state index in [-0.39, 0.29) is 11.6 Å². The third-order valence-electron chi connectivity index (χ3n) is 14.4. The molecular weight excluding hydrogens is 783 g/mol. The average molecular weight is 831 g/mol. The molecule has 11 rings (SSSR count). The van der Waals surface area contributed by atoms with Crippen LogP contribution in [0, 0.1) is 11.6 Å². The van der Waals surface area contributed by atoms with Crippen molar-refractivity contribution in [1.82, 2.24) is 0 Å². The average Bonchev–Trinajstić information content (AvgIpc) is 3.66. The van der Waals surface area contributed by atoms with Gasteiger partial charge in [0.05, 0.1) is 31.0 Å². The van der Waals surface area contributed by atoms with Crippen molar-refractivity contribution in [2.75, 3.05) is 0 Å². The van der Waals surface area contributed by atoms with Crippen LogP contribution in [0.25, 0.3) is 83.2 Å². The molecule has 0 aliphatic carbocycles. The normalized spacial score (nSPS) is 18.5. The molecule has 0 spiro atoms. The van der Waals surface area contributed by atoms with Gasteiger partial charge in [-0.05, 0) is 103 Å². The van der Waals surface area contributed by atoms with E-state index in [1.807, 2.05) is 24.3 Å².